The number of carbonyl (C=O) groups excluding carboxylic acids is 1. The van der Waals surface area contributed by atoms with Crippen molar-refractivity contribution in [2.24, 2.45) is 5.92 Å². The van der Waals surface area contributed by atoms with Crippen LogP contribution in [0, 0.1) is 17.2 Å². The Morgan fingerprint density at radius 2 is 2.03 bits per heavy atom. The normalized spacial score (nSPS) is 22.6. The number of nitrogens with zero attached hydrogens (tertiary/aromatic N) is 5. The van der Waals surface area contributed by atoms with E-state index in [1.54, 1.807) is 16.8 Å². The van der Waals surface area contributed by atoms with Gasteiger partial charge in [0.2, 0.25) is 0 Å². The van der Waals surface area contributed by atoms with Gasteiger partial charge in [-0.15, -0.1) is 0 Å². The van der Waals surface area contributed by atoms with Gasteiger partial charge in [0, 0.05) is 43.4 Å². The Labute approximate surface area is 205 Å². The third-order valence-electron chi connectivity index (χ3n) is 7.55. The minimum absolute atomic E-state index is 0.00373. The van der Waals surface area contributed by atoms with Gasteiger partial charge in [-0.25, -0.2) is 13.8 Å². The van der Waals surface area contributed by atoms with Crippen LogP contribution in [0.25, 0.3) is 11.0 Å². The van der Waals surface area contributed by atoms with E-state index in [9.17, 15) is 18.8 Å². The lowest BCUT2D eigenvalue weighted by Crippen LogP contribution is -2.43. The number of carbonyl (C=O) groups is 1. The fraction of sp³-hybridized carbons (Fsp3) is 0.654. The molecule has 1 amide bonds. The van der Waals surface area contributed by atoms with Gasteiger partial charge in [-0.3, -0.25) is 9.69 Å². The van der Waals surface area contributed by atoms with Crippen LogP contribution in [0.3, 0.4) is 0 Å². The van der Waals surface area contributed by atoms with Crippen molar-refractivity contribution in [3.05, 3.63) is 24.0 Å². The van der Waals surface area contributed by atoms with E-state index in [2.05, 4.69) is 36.7 Å². The average molecular weight is 488 g/mol. The summed E-state index contributed by atoms with van der Waals surface area (Å²) in [5.74, 6) is -1.78. The Kier molecular flexibility index (Phi) is 7.60. The number of rotatable bonds is 8. The first-order valence-electron chi connectivity index (χ1n) is 12.6. The van der Waals surface area contributed by atoms with E-state index in [1.165, 1.54) is 11.3 Å². The third-order valence-corrected chi connectivity index (χ3v) is 7.55. The average Bonchev–Trinajstić information content (AvgIpc) is 3.36. The van der Waals surface area contributed by atoms with Gasteiger partial charge in [0.25, 0.3) is 11.8 Å². The Hall–Kier alpha value is -2.73. The molecule has 190 valence electrons. The van der Waals surface area contributed by atoms with Crippen LogP contribution in [0.1, 0.15) is 63.4 Å². The van der Waals surface area contributed by atoms with E-state index < -0.39 is 5.92 Å². The monoisotopic (exact) mass is 487 g/mol. The molecule has 2 aromatic heterocycles. The summed E-state index contributed by atoms with van der Waals surface area (Å²) >= 11 is 0. The maximum Gasteiger partial charge on any atom is 0.270 e. The molecule has 0 N–H and O–H groups in total. The van der Waals surface area contributed by atoms with Crippen LogP contribution in [0.5, 0.6) is 5.75 Å². The predicted octanol–water partition coefficient (Wildman–Crippen LogP) is 4.71. The molecule has 2 atom stereocenters. The van der Waals surface area contributed by atoms with Crippen LogP contribution in [0.4, 0.5) is 8.78 Å². The van der Waals surface area contributed by atoms with Crippen molar-refractivity contribution in [2.45, 2.75) is 77.4 Å². The molecule has 0 spiro atoms. The molecule has 0 aromatic carbocycles. The van der Waals surface area contributed by atoms with Crippen LogP contribution in [-0.2, 0) is 6.54 Å². The number of piperidine rings is 1. The number of pyridine rings is 1. The molecular weight excluding hydrogens is 452 g/mol. The van der Waals surface area contributed by atoms with E-state index >= 15 is 0 Å². The van der Waals surface area contributed by atoms with Crippen molar-refractivity contribution in [3.63, 3.8) is 0 Å². The zero-order valence-corrected chi connectivity index (χ0v) is 20.8. The Morgan fingerprint density at radius 1 is 1.29 bits per heavy atom. The zero-order valence-electron chi connectivity index (χ0n) is 20.8. The zero-order chi connectivity index (χ0) is 25.2. The predicted molar refractivity (Wildman–Crippen MR) is 130 cm³/mol. The number of fused-ring (bicyclic) bond motifs is 1. The molecular formula is C26H35F2N5O2. The molecule has 1 unspecified atom stereocenters. The summed E-state index contributed by atoms with van der Waals surface area (Å²) < 4.78 is 34.6. The van der Waals surface area contributed by atoms with E-state index in [0.717, 1.165) is 19.4 Å². The lowest BCUT2D eigenvalue weighted by atomic mass is 9.96. The minimum atomic E-state index is -2.73. The number of alkyl halides is 2. The van der Waals surface area contributed by atoms with Gasteiger partial charge >= 0.3 is 0 Å². The first kappa shape index (κ1) is 25.4. The summed E-state index contributed by atoms with van der Waals surface area (Å²) in [7, 11) is 0. The highest BCUT2D eigenvalue weighted by atomic mass is 19.3. The molecule has 4 rings (SSSR count). The number of likely N-dealkylation sites (tertiary alicyclic amines) is 2. The van der Waals surface area contributed by atoms with Crippen LogP contribution in [0.15, 0.2) is 18.3 Å². The lowest BCUT2D eigenvalue weighted by molar-refractivity contribution is -0.0495. The van der Waals surface area contributed by atoms with Crippen molar-refractivity contribution in [3.8, 4) is 11.8 Å². The molecule has 0 aliphatic carbocycles. The Bertz CT molecular complexity index is 1080. The Balaban J connectivity index is 1.40. The minimum Gasteiger partial charge on any atom is -0.492 e. The smallest absolute Gasteiger partial charge is 0.270 e. The molecule has 2 saturated heterocycles. The topological polar surface area (TPSA) is 74.4 Å². The van der Waals surface area contributed by atoms with Crippen LogP contribution < -0.4 is 4.74 Å². The fourth-order valence-electron chi connectivity index (χ4n) is 5.49. The highest BCUT2D eigenvalue weighted by Gasteiger charge is 2.36. The molecule has 2 aliphatic heterocycles. The van der Waals surface area contributed by atoms with E-state index in [-0.39, 0.29) is 38.4 Å². The molecule has 2 aromatic rings. The van der Waals surface area contributed by atoms with Crippen LogP contribution >= 0.6 is 0 Å². The quantitative estimate of drug-likeness (QED) is 0.504. The standard InChI is InChI=1S/C26H35F2N5O2/c1-18(2)32-10-6-20(19(32)3)5-4-14-35-22-15-21-16-23(33(13-9-29)24(21)30-17-22)25(34)31-11-7-26(27,28)8-12-31/h15-20H,4-8,10-14H2,1-3H3/t19-,20?/m1/s1. The second-order valence-corrected chi connectivity index (χ2v) is 10.1. The summed E-state index contributed by atoms with van der Waals surface area (Å²) in [6.45, 7) is 8.51. The molecule has 0 bridgehead atoms. The van der Waals surface area contributed by atoms with Gasteiger partial charge in [-0.05, 0) is 64.6 Å². The first-order chi connectivity index (χ1) is 16.7. The van der Waals surface area contributed by atoms with Crippen LogP contribution in [-0.4, -0.2) is 69.5 Å². The summed E-state index contributed by atoms with van der Waals surface area (Å²) in [5.41, 5.74) is 0.805. The number of hydrogen-bond acceptors (Lipinski definition) is 5. The molecule has 7 nitrogen and oxygen atoms in total. The number of aromatic nitrogens is 2. The van der Waals surface area contributed by atoms with Gasteiger partial charge in [0.05, 0.1) is 18.9 Å². The summed E-state index contributed by atoms with van der Waals surface area (Å²) in [4.78, 5) is 21.5. The molecule has 2 aliphatic rings. The SMILES string of the molecule is CC(C)N1CCC(CCCOc2cnc3c(c2)cc(C(=O)N2CCC(F)(F)CC2)n3CC#N)[C@H]1C. The Morgan fingerprint density at radius 3 is 2.69 bits per heavy atom. The molecule has 2 fully saturated rings. The van der Waals surface area contributed by atoms with E-state index in [1.807, 2.05) is 6.07 Å². The van der Waals surface area contributed by atoms with E-state index in [0.29, 0.717) is 47.1 Å². The third kappa shape index (κ3) is 5.58. The van der Waals surface area contributed by atoms with Crippen molar-refractivity contribution in [1.29, 1.82) is 5.26 Å². The molecule has 9 heteroatoms. The summed E-state index contributed by atoms with van der Waals surface area (Å²) in [6, 6.07) is 6.75. The highest BCUT2D eigenvalue weighted by Crippen LogP contribution is 2.31. The van der Waals surface area contributed by atoms with Crippen molar-refractivity contribution >= 4 is 16.9 Å². The lowest BCUT2D eigenvalue weighted by Gasteiger charge is -2.31. The van der Waals surface area contributed by atoms with Gasteiger partial charge in [-0.2, -0.15) is 5.26 Å². The van der Waals surface area contributed by atoms with Crippen molar-refractivity contribution in [2.75, 3.05) is 26.2 Å². The maximum atomic E-state index is 13.5. The van der Waals surface area contributed by atoms with Crippen LogP contribution in [0.2, 0.25) is 0 Å². The van der Waals surface area contributed by atoms with Gasteiger partial charge < -0.3 is 14.2 Å². The summed E-state index contributed by atoms with van der Waals surface area (Å²) in [5, 5.41) is 9.98. The maximum absolute atomic E-state index is 13.5. The number of hydrogen-bond donors (Lipinski definition) is 0. The number of ether oxygens (including phenoxy) is 1. The molecule has 4 heterocycles. The number of nitriles is 1. The van der Waals surface area contributed by atoms with E-state index in [4.69, 9.17) is 4.74 Å². The second-order valence-electron chi connectivity index (χ2n) is 10.1. The van der Waals surface area contributed by atoms with Gasteiger partial charge in [-0.1, -0.05) is 0 Å². The second kappa shape index (κ2) is 10.5. The van der Waals surface area contributed by atoms with Gasteiger partial charge in [0.15, 0.2) is 0 Å². The largest absolute Gasteiger partial charge is 0.492 e. The molecule has 0 saturated carbocycles. The van der Waals surface area contributed by atoms with Crippen molar-refractivity contribution < 1.29 is 18.3 Å². The van der Waals surface area contributed by atoms with Gasteiger partial charge in [0.1, 0.15) is 23.6 Å². The van der Waals surface area contributed by atoms with Crippen molar-refractivity contribution in [1.82, 2.24) is 19.4 Å². The number of halogens is 2. The molecule has 35 heavy (non-hydrogen) atoms. The summed E-state index contributed by atoms with van der Waals surface area (Å²) in [6.07, 6.45) is 4.23. The highest BCUT2D eigenvalue weighted by molar-refractivity contribution is 5.98. The fourth-order valence-corrected chi connectivity index (χ4v) is 5.49. The molecule has 0 radical (unpaired) electrons. The number of amides is 1. The first-order valence-corrected chi connectivity index (χ1v) is 12.6.